The molecule has 3 aromatic rings. The Morgan fingerprint density at radius 3 is 2.64 bits per heavy atom. The van der Waals surface area contributed by atoms with Crippen LogP contribution in [0.1, 0.15) is 23.6 Å². The van der Waals surface area contributed by atoms with E-state index in [0.717, 1.165) is 5.56 Å². The number of benzene rings is 2. The van der Waals surface area contributed by atoms with Crippen molar-refractivity contribution in [3.8, 4) is 22.8 Å². The summed E-state index contributed by atoms with van der Waals surface area (Å²) in [6.45, 7) is 6.31. The molecule has 1 aliphatic rings. The van der Waals surface area contributed by atoms with E-state index in [1.807, 2.05) is 0 Å². The van der Waals surface area contributed by atoms with Gasteiger partial charge in [-0.25, -0.2) is 4.68 Å². The lowest BCUT2D eigenvalue weighted by atomic mass is 10.0. The van der Waals surface area contributed by atoms with Crippen LogP contribution in [0.15, 0.2) is 55.1 Å². The molecule has 11 heteroatoms. The summed E-state index contributed by atoms with van der Waals surface area (Å²) in [6, 6.07) is 11.2. The maximum Gasteiger partial charge on any atom is 0.273 e. The average molecular weight is 491 g/mol. The van der Waals surface area contributed by atoms with Crippen LogP contribution in [0.2, 0.25) is 0 Å². The van der Waals surface area contributed by atoms with Crippen molar-refractivity contribution in [1.29, 1.82) is 0 Å². The number of nitrogens with zero attached hydrogens (tertiary/aromatic N) is 4. The third-order valence-electron chi connectivity index (χ3n) is 6.13. The molecule has 186 valence electrons. The van der Waals surface area contributed by atoms with Crippen molar-refractivity contribution in [1.82, 2.24) is 14.7 Å². The molecule has 0 bridgehead atoms. The Morgan fingerprint density at radius 2 is 2.00 bits per heavy atom. The zero-order chi connectivity index (χ0) is 26.0. The first kappa shape index (κ1) is 24.5. The fourth-order valence-electron chi connectivity index (χ4n) is 4.23. The van der Waals surface area contributed by atoms with Gasteiger partial charge >= 0.3 is 0 Å². The average Bonchev–Trinajstić information content (AvgIpc) is 3.45. The number of carbonyl (C=O) groups is 2. The summed E-state index contributed by atoms with van der Waals surface area (Å²) in [5, 5.41) is 15.8. The van der Waals surface area contributed by atoms with Crippen molar-refractivity contribution in [2.24, 2.45) is 5.73 Å². The molecule has 1 aromatic heterocycles. The van der Waals surface area contributed by atoms with Crippen molar-refractivity contribution in [2.45, 2.75) is 25.8 Å². The molecule has 1 atom stereocenters. The molecule has 4 rings (SSSR count). The molecule has 36 heavy (non-hydrogen) atoms. The number of hydrogen-bond donors (Lipinski definition) is 2. The SMILES string of the molecule is C=CC(=O)N1CC[C@@H](n2nc(-c3ccc(Oc4cc([N+](=O)[O-])ccc4C)cc3)c(CC(N)=O)c2N)C1. The Labute approximate surface area is 207 Å². The summed E-state index contributed by atoms with van der Waals surface area (Å²) < 4.78 is 7.52. The lowest BCUT2D eigenvalue weighted by Crippen LogP contribution is -2.27. The number of hydrogen-bond acceptors (Lipinski definition) is 7. The predicted molar refractivity (Wildman–Crippen MR) is 133 cm³/mol. The smallest absolute Gasteiger partial charge is 0.273 e. The number of primary amides is 1. The number of carbonyl (C=O) groups excluding carboxylic acids is 2. The normalized spacial score (nSPS) is 15.0. The van der Waals surface area contributed by atoms with E-state index in [4.69, 9.17) is 21.3 Å². The van der Waals surface area contributed by atoms with Gasteiger partial charge in [0.1, 0.15) is 17.3 Å². The number of nitro groups is 1. The highest BCUT2D eigenvalue weighted by atomic mass is 16.6. The van der Waals surface area contributed by atoms with Crippen molar-refractivity contribution in [3.63, 3.8) is 0 Å². The summed E-state index contributed by atoms with van der Waals surface area (Å²) in [5.41, 5.74) is 14.3. The molecule has 0 spiro atoms. The van der Waals surface area contributed by atoms with Gasteiger partial charge in [-0.1, -0.05) is 6.58 Å². The zero-order valence-corrected chi connectivity index (χ0v) is 19.7. The van der Waals surface area contributed by atoms with E-state index in [-0.39, 0.29) is 24.1 Å². The van der Waals surface area contributed by atoms with Gasteiger partial charge in [0.05, 0.1) is 29.1 Å². The molecule has 0 unspecified atom stereocenters. The lowest BCUT2D eigenvalue weighted by Gasteiger charge is -2.15. The minimum atomic E-state index is -0.543. The van der Waals surface area contributed by atoms with Crippen LogP contribution in [-0.4, -0.2) is 44.5 Å². The molecule has 0 radical (unpaired) electrons. The van der Waals surface area contributed by atoms with E-state index in [1.165, 1.54) is 18.2 Å². The Hall–Kier alpha value is -4.67. The van der Waals surface area contributed by atoms with E-state index >= 15 is 0 Å². The number of nitrogen functional groups attached to an aromatic ring is 1. The maximum atomic E-state index is 12.0. The van der Waals surface area contributed by atoms with Crippen LogP contribution < -0.4 is 16.2 Å². The second kappa shape index (κ2) is 9.90. The number of anilines is 1. The number of nitro benzene ring substituents is 1. The van der Waals surface area contributed by atoms with E-state index in [2.05, 4.69) is 6.58 Å². The zero-order valence-electron chi connectivity index (χ0n) is 19.7. The number of non-ortho nitro benzene ring substituents is 1. The first-order chi connectivity index (χ1) is 17.2. The summed E-state index contributed by atoms with van der Waals surface area (Å²) in [4.78, 5) is 36.1. The van der Waals surface area contributed by atoms with E-state index < -0.39 is 10.8 Å². The molecule has 0 aliphatic carbocycles. The minimum absolute atomic E-state index is 0.0652. The van der Waals surface area contributed by atoms with Gasteiger partial charge in [-0.05, 0) is 55.3 Å². The topological polar surface area (TPSA) is 160 Å². The van der Waals surface area contributed by atoms with Gasteiger partial charge in [-0.3, -0.25) is 19.7 Å². The molecule has 2 heterocycles. The van der Waals surface area contributed by atoms with Gasteiger partial charge in [-0.2, -0.15) is 5.10 Å². The molecule has 1 fully saturated rings. The van der Waals surface area contributed by atoms with Gasteiger partial charge in [0.2, 0.25) is 11.8 Å². The highest BCUT2D eigenvalue weighted by Crippen LogP contribution is 2.35. The quantitative estimate of drug-likeness (QED) is 0.279. The van der Waals surface area contributed by atoms with Crippen LogP contribution in [0.4, 0.5) is 11.5 Å². The number of rotatable bonds is 8. The Kier molecular flexibility index (Phi) is 6.73. The number of nitrogens with two attached hydrogens (primary N) is 2. The second-order valence-corrected chi connectivity index (χ2v) is 8.56. The van der Waals surface area contributed by atoms with Crippen LogP contribution in [0.5, 0.6) is 11.5 Å². The Balaban J connectivity index is 1.63. The largest absolute Gasteiger partial charge is 0.457 e. The number of aromatic nitrogens is 2. The summed E-state index contributed by atoms with van der Waals surface area (Å²) in [5.74, 6) is 0.475. The Morgan fingerprint density at radius 1 is 1.28 bits per heavy atom. The second-order valence-electron chi connectivity index (χ2n) is 8.56. The molecular formula is C25H26N6O5. The van der Waals surface area contributed by atoms with E-state index in [9.17, 15) is 19.7 Å². The molecular weight excluding hydrogens is 464 g/mol. The number of aryl methyl sites for hydroxylation is 1. The van der Waals surface area contributed by atoms with Gasteiger partial charge in [0.25, 0.3) is 5.69 Å². The number of amides is 2. The molecule has 2 amide bonds. The first-order valence-electron chi connectivity index (χ1n) is 11.3. The molecule has 4 N–H and O–H groups in total. The van der Waals surface area contributed by atoms with Crippen LogP contribution in [0.3, 0.4) is 0 Å². The minimum Gasteiger partial charge on any atom is -0.457 e. The predicted octanol–water partition coefficient (Wildman–Crippen LogP) is 3.13. The van der Waals surface area contributed by atoms with Crippen molar-refractivity contribution in [2.75, 3.05) is 18.8 Å². The van der Waals surface area contributed by atoms with E-state index in [1.54, 1.807) is 46.8 Å². The summed E-state index contributed by atoms with van der Waals surface area (Å²) >= 11 is 0. The molecule has 1 aliphatic heterocycles. The van der Waals surface area contributed by atoms with Crippen LogP contribution in [0.25, 0.3) is 11.3 Å². The fraction of sp³-hybridized carbons (Fsp3) is 0.240. The first-order valence-corrected chi connectivity index (χ1v) is 11.3. The van der Waals surface area contributed by atoms with E-state index in [0.29, 0.717) is 53.6 Å². The molecule has 11 nitrogen and oxygen atoms in total. The highest BCUT2D eigenvalue weighted by Gasteiger charge is 2.30. The number of ether oxygens (including phenoxy) is 1. The Bertz CT molecular complexity index is 1350. The maximum absolute atomic E-state index is 12.0. The van der Waals surface area contributed by atoms with Crippen LogP contribution >= 0.6 is 0 Å². The highest BCUT2D eigenvalue weighted by molar-refractivity contribution is 5.87. The monoisotopic (exact) mass is 490 g/mol. The standard InChI is InChI=1S/C25H26N6O5/c1-3-23(33)29-11-10-18(14-29)30-25(27)20(13-22(26)32)24(28-30)16-5-8-19(9-6-16)36-21-12-17(31(34)35)7-4-15(21)2/h3-9,12,18H,1,10-11,13-14,27H2,2H3,(H2,26,32)/t18-/m1/s1. The lowest BCUT2D eigenvalue weighted by molar-refractivity contribution is -0.384. The van der Waals surface area contributed by atoms with Crippen molar-refractivity contribution in [3.05, 3.63) is 76.4 Å². The summed E-state index contributed by atoms with van der Waals surface area (Å²) in [7, 11) is 0. The van der Waals surface area contributed by atoms with Gasteiger partial charge in [0.15, 0.2) is 0 Å². The van der Waals surface area contributed by atoms with Crippen LogP contribution in [0, 0.1) is 17.0 Å². The van der Waals surface area contributed by atoms with Gasteiger partial charge < -0.3 is 21.1 Å². The third kappa shape index (κ3) is 4.90. The van der Waals surface area contributed by atoms with Gasteiger partial charge in [-0.15, -0.1) is 0 Å². The van der Waals surface area contributed by atoms with Crippen LogP contribution in [-0.2, 0) is 16.0 Å². The number of likely N-dealkylation sites (tertiary alicyclic amines) is 1. The summed E-state index contributed by atoms with van der Waals surface area (Å²) in [6.07, 6.45) is 1.85. The molecule has 1 saturated heterocycles. The van der Waals surface area contributed by atoms with Crippen molar-refractivity contribution < 1.29 is 19.2 Å². The third-order valence-corrected chi connectivity index (χ3v) is 6.13. The van der Waals surface area contributed by atoms with Crippen molar-refractivity contribution >= 4 is 23.3 Å². The fourth-order valence-corrected chi connectivity index (χ4v) is 4.23. The molecule has 0 saturated carbocycles. The van der Waals surface area contributed by atoms with Gasteiger partial charge in [0, 0.05) is 30.3 Å². The molecule has 2 aromatic carbocycles.